The number of ether oxygens (including phenoxy) is 1. The normalized spacial score (nSPS) is 45.6. The number of nitrogens with zero attached hydrogens (tertiary/aromatic N) is 1. The minimum absolute atomic E-state index is 0.0139. The van der Waals surface area contributed by atoms with Gasteiger partial charge in [0.15, 0.2) is 11.6 Å². The summed E-state index contributed by atoms with van der Waals surface area (Å²) < 4.78 is 5.40. The Bertz CT molecular complexity index is 1320. The molecule has 0 amide bonds. The minimum atomic E-state index is -0.666. The standard InChI is InChI=1S/C33H39NO4/c1-8-33-10-9-23-29(4,19-21(34-6)26(36)32(23)15-16-32)24(33)17-22(35)25-20-18-28(2,3)11-13-31(20,27(37)38-7)14-12-30(25,33)5/h1,17,19-20,23,25H,9-16,18H2,2-5,7H3/t20-,23+,25-,29-,30+,31-,33+/m0/s1. The molecule has 7 atom stereocenters. The summed E-state index contributed by atoms with van der Waals surface area (Å²) in [6.45, 7) is 16.6. The van der Waals surface area contributed by atoms with Crippen molar-refractivity contribution in [3.8, 4) is 12.3 Å². The summed E-state index contributed by atoms with van der Waals surface area (Å²) in [7, 11) is 1.47. The first-order valence-electron chi connectivity index (χ1n) is 14.3. The first-order valence-corrected chi connectivity index (χ1v) is 14.3. The van der Waals surface area contributed by atoms with E-state index < -0.39 is 27.1 Å². The van der Waals surface area contributed by atoms with Crippen molar-refractivity contribution >= 4 is 17.5 Å². The van der Waals surface area contributed by atoms with Gasteiger partial charge in [-0.1, -0.05) is 39.7 Å². The summed E-state index contributed by atoms with van der Waals surface area (Å²) in [5, 5.41) is 0. The predicted octanol–water partition coefficient (Wildman–Crippen LogP) is 6.10. The van der Waals surface area contributed by atoms with Crippen LogP contribution in [0.25, 0.3) is 4.85 Å². The van der Waals surface area contributed by atoms with Gasteiger partial charge >= 0.3 is 5.97 Å². The molecule has 0 bridgehead atoms. The molecule has 6 aliphatic carbocycles. The number of carbonyl (C=O) groups is 3. The van der Waals surface area contributed by atoms with Gasteiger partial charge in [0.25, 0.3) is 0 Å². The molecule has 5 heteroatoms. The second-order valence-electron chi connectivity index (χ2n) is 14.5. The quantitative estimate of drug-likeness (QED) is 0.241. The molecule has 5 nitrogen and oxygen atoms in total. The Hall–Kier alpha value is -2.66. The molecule has 0 aliphatic heterocycles. The van der Waals surface area contributed by atoms with Gasteiger partial charge in [-0.15, -0.1) is 6.42 Å². The van der Waals surface area contributed by atoms with Gasteiger partial charge in [-0.2, -0.15) is 0 Å². The minimum Gasteiger partial charge on any atom is -0.469 e. The molecule has 6 rings (SSSR count). The number of hydrogen-bond donors (Lipinski definition) is 0. The Kier molecular flexibility index (Phi) is 5.05. The lowest BCUT2D eigenvalue weighted by Crippen LogP contribution is -2.66. The Morgan fingerprint density at radius 3 is 2.37 bits per heavy atom. The number of carbonyl (C=O) groups excluding carboxylic acids is 3. The van der Waals surface area contributed by atoms with Gasteiger partial charge in [0, 0.05) is 16.7 Å². The van der Waals surface area contributed by atoms with E-state index >= 15 is 0 Å². The number of fused-ring (bicyclic) bond motifs is 8. The molecule has 38 heavy (non-hydrogen) atoms. The van der Waals surface area contributed by atoms with Crippen molar-refractivity contribution < 1.29 is 19.1 Å². The van der Waals surface area contributed by atoms with E-state index in [0.717, 1.165) is 50.5 Å². The molecule has 0 aromatic carbocycles. The van der Waals surface area contributed by atoms with E-state index in [1.165, 1.54) is 7.11 Å². The number of allylic oxidation sites excluding steroid dienone is 4. The first-order chi connectivity index (χ1) is 17.8. The average Bonchev–Trinajstić information content (AvgIpc) is 3.67. The lowest BCUT2D eigenvalue weighted by molar-refractivity contribution is -0.187. The second kappa shape index (κ2) is 7.50. The molecule has 0 heterocycles. The number of rotatable bonds is 1. The highest BCUT2D eigenvalue weighted by atomic mass is 16.5. The van der Waals surface area contributed by atoms with Gasteiger partial charge in [-0.3, -0.25) is 9.59 Å². The molecule has 0 unspecified atom stereocenters. The third kappa shape index (κ3) is 2.76. The van der Waals surface area contributed by atoms with E-state index in [1.807, 2.05) is 12.2 Å². The number of Topliss-reactive ketones (excluding diaryl/α,β-unsaturated/α-hetero) is 1. The van der Waals surface area contributed by atoms with Crippen LogP contribution < -0.4 is 0 Å². The summed E-state index contributed by atoms with van der Waals surface area (Å²) in [6, 6.07) is 0. The van der Waals surface area contributed by atoms with Crippen LogP contribution in [0.5, 0.6) is 0 Å². The molecule has 0 radical (unpaired) electrons. The predicted molar refractivity (Wildman–Crippen MR) is 143 cm³/mol. The van der Waals surface area contributed by atoms with Gasteiger partial charge in [0.2, 0.25) is 5.70 Å². The summed E-state index contributed by atoms with van der Waals surface area (Å²) in [5.41, 5.74) is -1.76. The van der Waals surface area contributed by atoms with Gasteiger partial charge in [0.1, 0.15) is 0 Å². The van der Waals surface area contributed by atoms with Crippen molar-refractivity contribution in [2.24, 2.45) is 50.2 Å². The van der Waals surface area contributed by atoms with E-state index in [-0.39, 0.29) is 46.4 Å². The lowest BCUT2D eigenvalue weighted by atomic mass is 9.34. The molecular weight excluding hydrogens is 474 g/mol. The van der Waals surface area contributed by atoms with Crippen LogP contribution in [0.1, 0.15) is 85.5 Å². The van der Waals surface area contributed by atoms with E-state index in [1.54, 1.807) is 0 Å². The molecule has 0 N–H and O–H groups in total. The first kappa shape index (κ1) is 25.6. The number of esters is 1. The van der Waals surface area contributed by atoms with Crippen molar-refractivity contribution in [2.45, 2.75) is 85.5 Å². The molecular formula is C33H39NO4. The molecule has 6 aliphatic rings. The van der Waals surface area contributed by atoms with Gasteiger partial charge in [0.05, 0.1) is 24.5 Å². The molecule has 0 aromatic heterocycles. The van der Waals surface area contributed by atoms with Crippen molar-refractivity contribution in [3.63, 3.8) is 0 Å². The molecule has 4 saturated carbocycles. The van der Waals surface area contributed by atoms with Crippen molar-refractivity contribution in [1.82, 2.24) is 0 Å². The highest BCUT2D eigenvalue weighted by Gasteiger charge is 2.74. The topological polar surface area (TPSA) is 64.8 Å². The van der Waals surface area contributed by atoms with Crippen molar-refractivity contribution in [1.29, 1.82) is 0 Å². The van der Waals surface area contributed by atoms with E-state index in [0.29, 0.717) is 12.8 Å². The Labute approximate surface area is 226 Å². The molecule has 1 spiro atoms. The molecule has 4 fully saturated rings. The second-order valence-corrected chi connectivity index (χ2v) is 14.5. The summed E-state index contributed by atoms with van der Waals surface area (Å²) >= 11 is 0. The third-order valence-corrected chi connectivity index (χ3v) is 12.6. The summed E-state index contributed by atoms with van der Waals surface area (Å²) in [5.74, 6) is 2.70. The van der Waals surface area contributed by atoms with Crippen molar-refractivity contribution in [3.05, 3.63) is 34.8 Å². The number of terminal acetylenes is 1. The van der Waals surface area contributed by atoms with Crippen LogP contribution in [0.15, 0.2) is 23.4 Å². The summed E-state index contributed by atoms with van der Waals surface area (Å²) in [6.07, 6.45) is 17.2. The van der Waals surface area contributed by atoms with E-state index in [2.05, 4.69) is 38.5 Å². The van der Waals surface area contributed by atoms with E-state index in [9.17, 15) is 14.4 Å². The van der Waals surface area contributed by atoms with Crippen molar-refractivity contribution in [2.75, 3.05) is 7.11 Å². The zero-order chi connectivity index (χ0) is 27.5. The van der Waals surface area contributed by atoms with Gasteiger partial charge in [-0.05, 0) is 92.1 Å². The smallest absolute Gasteiger partial charge is 0.312 e. The van der Waals surface area contributed by atoms with Crippen LogP contribution in [0.4, 0.5) is 0 Å². The zero-order valence-electron chi connectivity index (χ0n) is 23.4. The van der Waals surface area contributed by atoms with Crippen LogP contribution in [-0.4, -0.2) is 24.6 Å². The largest absolute Gasteiger partial charge is 0.469 e. The highest BCUT2D eigenvalue weighted by molar-refractivity contribution is 6.05. The van der Waals surface area contributed by atoms with Crippen LogP contribution >= 0.6 is 0 Å². The molecule has 200 valence electrons. The van der Waals surface area contributed by atoms with E-state index in [4.69, 9.17) is 17.7 Å². The lowest BCUT2D eigenvalue weighted by Gasteiger charge is -2.67. The highest BCUT2D eigenvalue weighted by Crippen LogP contribution is 2.76. The number of hydrogen-bond acceptors (Lipinski definition) is 4. The molecule has 0 saturated heterocycles. The Balaban J connectivity index is 1.56. The average molecular weight is 514 g/mol. The maximum Gasteiger partial charge on any atom is 0.312 e. The fourth-order valence-corrected chi connectivity index (χ4v) is 10.5. The fourth-order valence-electron chi connectivity index (χ4n) is 10.5. The van der Waals surface area contributed by atoms with Crippen LogP contribution in [0.2, 0.25) is 0 Å². The maximum atomic E-state index is 14.4. The van der Waals surface area contributed by atoms with Crippen LogP contribution in [-0.2, 0) is 19.1 Å². The SMILES string of the molecule is [C-]#[N+]C1=C[C@]2(C)C3=CC(=O)[C@@H]4[C@@H]5CC(C)(C)CC[C@]5(C(=O)OC)CC[C@@]4(C)[C@]3(C#C)CC[C@H]2C2(CC2)C1=O. The summed E-state index contributed by atoms with van der Waals surface area (Å²) in [4.78, 5) is 44.8. The fraction of sp³-hybridized carbons (Fsp3) is 0.697. The Morgan fingerprint density at radius 2 is 1.76 bits per heavy atom. The third-order valence-electron chi connectivity index (χ3n) is 12.6. The van der Waals surface area contributed by atoms with Crippen LogP contribution in [0, 0.1) is 69.2 Å². The zero-order valence-corrected chi connectivity index (χ0v) is 23.4. The maximum absolute atomic E-state index is 14.4. The monoisotopic (exact) mass is 513 g/mol. The van der Waals surface area contributed by atoms with Crippen LogP contribution in [0.3, 0.4) is 0 Å². The number of ketones is 2. The van der Waals surface area contributed by atoms with Gasteiger partial charge < -0.3 is 9.53 Å². The number of methoxy groups -OCH3 is 1. The Morgan fingerprint density at radius 1 is 1.08 bits per heavy atom. The molecule has 0 aromatic rings. The van der Waals surface area contributed by atoms with Gasteiger partial charge in [-0.25, -0.2) is 4.85 Å².